The molecule has 1 N–H and O–H groups in total. The Morgan fingerprint density at radius 3 is 2.48 bits per heavy atom. The Morgan fingerprint density at radius 2 is 1.86 bits per heavy atom. The lowest BCUT2D eigenvalue weighted by atomic mass is 10.1. The van der Waals surface area contributed by atoms with Gasteiger partial charge in [-0.15, -0.1) is 0 Å². The number of carbonyl (C=O) groups excluding carboxylic acids is 1. The number of amides is 1. The van der Waals surface area contributed by atoms with Gasteiger partial charge in [-0.2, -0.15) is 0 Å². The Hall–Kier alpha value is -1.49. The van der Waals surface area contributed by atoms with E-state index in [9.17, 15) is 13.6 Å². The van der Waals surface area contributed by atoms with Gasteiger partial charge < -0.3 is 4.90 Å². The lowest BCUT2D eigenvalue weighted by molar-refractivity contribution is -0.134. The summed E-state index contributed by atoms with van der Waals surface area (Å²) in [6.07, 6.45) is 3.25. The smallest absolute Gasteiger partial charge is 0.239 e. The third-order valence-corrected chi connectivity index (χ3v) is 3.97. The number of carbonyl (C=O) groups is 1. The van der Waals surface area contributed by atoms with Crippen LogP contribution in [0.1, 0.15) is 44.7 Å². The first-order chi connectivity index (χ1) is 9.99. The Labute approximate surface area is 124 Å². The molecular weight excluding hydrogens is 274 g/mol. The van der Waals surface area contributed by atoms with E-state index in [1.165, 1.54) is 18.6 Å². The maximum absolute atomic E-state index is 13.7. The van der Waals surface area contributed by atoms with Gasteiger partial charge in [0.15, 0.2) is 0 Å². The molecule has 3 nitrogen and oxygen atoms in total. The Morgan fingerprint density at radius 1 is 1.19 bits per heavy atom. The van der Waals surface area contributed by atoms with Gasteiger partial charge in [0.2, 0.25) is 5.91 Å². The molecule has 0 radical (unpaired) electrons. The van der Waals surface area contributed by atoms with E-state index in [0.717, 1.165) is 32.0 Å². The van der Waals surface area contributed by atoms with E-state index in [1.807, 2.05) is 4.90 Å². The zero-order valence-corrected chi connectivity index (χ0v) is 12.5. The van der Waals surface area contributed by atoms with Crippen molar-refractivity contribution < 1.29 is 13.6 Å². The number of benzene rings is 1. The molecule has 1 saturated heterocycles. The Balaban J connectivity index is 1.97. The average molecular weight is 296 g/mol. The normalized spacial score (nSPS) is 18.4. The first-order valence-corrected chi connectivity index (χ1v) is 7.49. The van der Waals surface area contributed by atoms with Gasteiger partial charge >= 0.3 is 0 Å². The number of rotatable bonds is 4. The molecule has 0 aromatic heterocycles. The van der Waals surface area contributed by atoms with Crippen molar-refractivity contribution in [3.63, 3.8) is 0 Å². The van der Waals surface area contributed by atoms with Gasteiger partial charge in [-0.05, 0) is 39.2 Å². The largest absolute Gasteiger partial charge is 0.341 e. The second-order valence-electron chi connectivity index (χ2n) is 5.66. The molecular formula is C16H22F2N2O. The van der Waals surface area contributed by atoms with E-state index in [1.54, 1.807) is 13.8 Å². The molecule has 1 aromatic rings. The minimum absolute atomic E-state index is 0.0454. The van der Waals surface area contributed by atoms with E-state index in [4.69, 9.17) is 0 Å². The van der Waals surface area contributed by atoms with E-state index in [0.29, 0.717) is 5.56 Å². The predicted octanol–water partition coefficient (Wildman–Crippen LogP) is 3.02. The second kappa shape index (κ2) is 6.98. The van der Waals surface area contributed by atoms with Crippen molar-refractivity contribution in [2.24, 2.45) is 0 Å². The van der Waals surface area contributed by atoms with Crippen LogP contribution in [0.5, 0.6) is 0 Å². The minimum Gasteiger partial charge on any atom is -0.341 e. The molecule has 2 unspecified atom stereocenters. The van der Waals surface area contributed by atoms with Crippen LogP contribution in [-0.2, 0) is 4.79 Å². The highest BCUT2D eigenvalue weighted by molar-refractivity contribution is 5.81. The van der Waals surface area contributed by atoms with E-state index in [2.05, 4.69) is 5.32 Å². The molecule has 1 aliphatic heterocycles. The van der Waals surface area contributed by atoms with Gasteiger partial charge in [0.25, 0.3) is 0 Å². The molecule has 2 atom stereocenters. The highest BCUT2D eigenvalue weighted by atomic mass is 19.1. The van der Waals surface area contributed by atoms with Crippen LogP contribution in [0.25, 0.3) is 0 Å². The standard InChI is InChI=1S/C16H22F2N2O/c1-11(14-7-6-13(17)10-15(14)18)19-12(2)16(21)20-8-4-3-5-9-20/h6-7,10-12,19H,3-5,8-9H2,1-2H3. The van der Waals surface area contributed by atoms with Gasteiger partial charge in [-0.3, -0.25) is 10.1 Å². The molecule has 0 saturated carbocycles. The summed E-state index contributed by atoms with van der Waals surface area (Å²) in [7, 11) is 0. The van der Waals surface area contributed by atoms with Crippen LogP contribution in [0.15, 0.2) is 18.2 Å². The fourth-order valence-electron chi connectivity index (χ4n) is 2.78. The van der Waals surface area contributed by atoms with Crippen molar-refractivity contribution >= 4 is 5.91 Å². The van der Waals surface area contributed by atoms with Crippen LogP contribution < -0.4 is 5.32 Å². The molecule has 0 bridgehead atoms. The summed E-state index contributed by atoms with van der Waals surface area (Å²) in [5, 5.41) is 3.10. The summed E-state index contributed by atoms with van der Waals surface area (Å²) >= 11 is 0. The van der Waals surface area contributed by atoms with E-state index >= 15 is 0 Å². The second-order valence-corrected chi connectivity index (χ2v) is 5.66. The lowest BCUT2D eigenvalue weighted by Crippen LogP contribution is -2.47. The minimum atomic E-state index is -0.596. The molecule has 1 amide bonds. The Bertz CT molecular complexity index is 501. The molecule has 0 aliphatic carbocycles. The molecule has 1 aromatic carbocycles. The number of hydrogen-bond donors (Lipinski definition) is 1. The van der Waals surface area contributed by atoms with Crippen LogP contribution >= 0.6 is 0 Å². The summed E-state index contributed by atoms with van der Waals surface area (Å²) in [5.41, 5.74) is 0.370. The molecule has 1 fully saturated rings. The molecule has 116 valence electrons. The molecule has 2 rings (SSSR count). The summed E-state index contributed by atoms with van der Waals surface area (Å²) in [6, 6.07) is 2.77. The van der Waals surface area contributed by atoms with Crippen LogP contribution in [0.3, 0.4) is 0 Å². The van der Waals surface area contributed by atoms with Crippen molar-refractivity contribution in [2.75, 3.05) is 13.1 Å². The third-order valence-electron chi connectivity index (χ3n) is 3.97. The first kappa shape index (κ1) is 15.9. The average Bonchev–Trinajstić information content (AvgIpc) is 2.47. The number of halogens is 2. The highest BCUT2D eigenvalue weighted by Crippen LogP contribution is 2.19. The van der Waals surface area contributed by atoms with Gasteiger partial charge in [0.1, 0.15) is 11.6 Å². The molecule has 1 heterocycles. The highest BCUT2D eigenvalue weighted by Gasteiger charge is 2.24. The van der Waals surface area contributed by atoms with E-state index < -0.39 is 11.6 Å². The number of likely N-dealkylation sites (tertiary alicyclic amines) is 1. The quantitative estimate of drug-likeness (QED) is 0.926. The van der Waals surface area contributed by atoms with Crippen LogP contribution in [0.2, 0.25) is 0 Å². The van der Waals surface area contributed by atoms with Crippen LogP contribution in [-0.4, -0.2) is 29.9 Å². The summed E-state index contributed by atoms with van der Waals surface area (Å²) in [6.45, 7) is 5.15. The van der Waals surface area contributed by atoms with Gasteiger partial charge in [-0.25, -0.2) is 8.78 Å². The van der Waals surface area contributed by atoms with Gasteiger partial charge in [-0.1, -0.05) is 6.07 Å². The molecule has 21 heavy (non-hydrogen) atoms. The summed E-state index contributed by atoms with van der Waals surface area (Å²) in [5.74, 6) is -1.14. The predicted molar refractivity (Wildman–Crippen MR) is 77.8 cm³/mol. The fourth-order valence-corrected chi connectivity index (χ4v) is 2.78. The van der Waals surface area contributed by atoms with Crippen molar-refractivity contribution in [2.45, 2.75) is 45.2 Å². The number of hydrogen-bond acceptors (Lipinski definition) is 2. The zero-order chi connectivity index (χ0) is 15.4. The molecule has 1 aliphatic rings. The lowest BCUT2D eigenvalue weighted by Gasteiger charge is -2.30. The SMILES string of the molecule is CC(NC(C)c1ccc(F)cc1F)C(=O)N1CCCCC1. The number of piperidine rings is 1. The first-order valence-electron chi connectivity index (χ1n) is 7.49. The summed E-state index contributed by atoms with van der Waals surface area (Å²) < 4.78 is 26.7. The van der Waals surface area contributed by atoms with Crippen molar-refractivity contribution in [3.8, 4) is 0 Å². The third kappa shape index (κ3) is 4.00. The maximum Gasteiger partial charge on any atom is 0.239 e. The van der Waals surface area contributed by atoms with Gasteiger partial charge in [0.05, 0.1) is 6.04 Å². The van der Waals surface area contributed by atoms with Crippen LogP contribution in [0.4, 0.5) is 8.78 Å². The molecule has 5 heteroatoms. The monoisotopic (exact) mass is 296 g/mol. The van der Waals surface area contributed by atoms with E-state index in [-0.39, 0.29) is 18.0 Å². The summed E-state index contributed by atoms with van der Waals surface area (Å²) in [4.78, 5) is 14.2. The number of nitrogens with one attached hydrogen (secondary N) is 1. The molecule has 0 spiro atoms. The fraction of sp³-hybridized carbons (Fsp3) is 0.562. The van der Waals surface area contributed by atoms with Gasteiger partial charge in [0, 0.05) is 30.8 Å². The van der Waals surface area contributed by atoms with Crippen molar-refractivity contribution in [1.82, 2.24) is 10.2 Å². The van der Waals surface area contributed by atoms with Crippen molar-refractivity contribution in [1.29, 1.82) is 0 Å². The zero-order valence-electron chi connectivity index (χ0n) is 12.5. The van der Waals surface area contributed by atoms with Crippen LogP contribution in [0, 0.1) is 11.6 Å². The Kier molecular flexibility index (Phi) is 5.28. The topological polar surface area (TPSA) is 32.3 Å². The number of nitrogens with zero attached hydrogens (tertiary/aromatic N) is 1. The van der Waals surface area contributed by atoms with Crippen molar-refractivity contribution in [3.05, 3.63) is 35.4 Å². The maximum atomic E-state index is 13.7.